The van der Waals surface area contributed by atoms with E-state index in [1.807, 2.05) is 24.3 Å². The van der Waals surface area contributed by atoms with Crippen LogP contribution in [0.1, 0.15) is 12.8 Å². The van der Waals surface area contributed by atoms with E-state index in [0.29, 0.717) is 17.0 Å². The molecule has 0 unspecified atom stereocenters. The monoisotopic (exact) mass is 298 g/mol. The molecule has 2 heterocycles. The fourth-order valence-electron chi connectivity index (χ4n) is 2.24. The Balaban J connectivity index is 0.00000133. The Morgan fingerprint density at radius 1 is 1.21 bits per heavy atom. The lowest BCUT2D eigenvalue weighted by molar-refractivity contribution is 0.479. The Kier molecular flexibility index (Phi) is 4.80. The number of halogens is 2. The van der Waals surface area contributed by atoms with Gasteiger partial charge in [0.05, 0.1) is 11.0 Å². The van der Waals surface area contributed by atoms with Crippen molar-refractivity contribution in [3.8, 4) is 0 Å². The number of rotatable bonds is 2. The van der Waals surface area contributed by atoms with Crippen LogP contribution < -0.4 is 10.6 Å². The van der Waals surface area contributed by atoms with Gasteiger partial charge in [-0.1, -0.05) is 23.7 Å². The van der Waals surface area contributed by atoms with Crippen molar-refractivity contribution >= 4 is 40.9 Å². The first-order valence-electron chi connectivity index (χ1n) is 6.22. The molecule has 0 spiro atoms. The van der Waals surface area contributed by atoms with E-state index in [2.05, 4.69) is 20.6 Å². The molecule has 1 saturated heterocycles. The van der Waals surface area contributed by atoms with Gasteiger partial charge in [0, 0.05) is 12.6 Å². The van der Waals surface area contributed by atoms with Crippen LogP contribution in [0.25, 0.3) is 11.0 Å². The minimum absolute atomic E-state index is 0. The molecule has 1 aromatic carbocycles. The number of nitrogens with zero attached hydrogens (tertiary/aromatic N) is 2. The van der Waals surface area contributed by atoms with E-state index in [9.17, 15) is 0 Å². The summed E-state index contributed by atoms with van der Waals surface area (Å²) in [5.41, 5.74) is 1.70. The number of aromatic nitrogens is 2. The summed E-state index contributed by atoms with van der Waals surface area (Å²) in [6.07, 6.45) is 2.31. The maximum Gasteiger partial charge on any atom is 0.172 e. The zero-order valence-corrected chi connectivity index (χ0v) is 12.0. The summed E-state index contributed by atoms with van der Waals surface area (Å²) in [7, 11) is 0. The fraction of sp³-hybridized carbons (Fsp3) is 0.385. The lowest BCUT2D eigenvalue weighted by atomic mass is 10.1. The molecule has 102 valence electrons. The second-order valence-electron chi connectivity index (χ2n) is 4.54. The predicted octanol–water partition coefficient (Wildman–Crippen LogP) is 2.87. The minimum Gasteiger partial charge on any atom is -0.363 e. The summed E-state index contributed by atoms with van der Waals surface area (Å²) >= 11 is 6.17. The molecule has 3 rings (SSSR count). The van der Waals surface area contributed by atoms with Crippen LogP contribution in [0.2, 0.25) is 5.15 Å². The van der Waals surface area contributed by atoms with Crippen molar-refractivity contribution in [3.05, 3.63) is 29.4 Å². The van der Waals surface area contributed by atoms with Crippen LogP contribution in [0.15, 0.2) is 24.3 Å². The van der Waals surface area contributed by atoms with Crippen molar-refractivity contribution in [1.29, 1.82) is 0 Å². The number of hydrogen-bond donors (Lipinski definition) is 2. The highest BCUT2D eigenvalue weighted by Crippen LogP contribution is 2.22. The fourth-order valence-corrected chi connectivity index (χ4v) is 2.43. The largest absolute Gasteiger partial charge is 0.363 e. The molecule has 4 nitrogen and oxygen atoms in total. The Hall–Kier alpha value is -1.10. The highest BCUT2D eigenvalue weighted by molar-refractivity contribution is 6.32. The van der Waals surface area contributed by atoms with Crippen LogP contribution in [-0.4, -0.2) is 29.1 Å². The lowest BCUT2D eigenvalue weighted by Crippen LogP contribution is -2.38. The lowest BCUT2D eigenvalue weighted by Gasteiger charge is -2.24. The molecule has 19 heavy (non-hydrogen) atoms. The smallest absolute Gasteiger partial charge is 0.172 e. The normalized spacial score (nSPS) is 18.9. The van der Waals surface area contributed by atoms with Crippen LogP contribution in [-0.2, 0) is 0 Å². The van der Waals surface area contributed by atoms with Crippen molar-refractivity contribution in [1.82, 2.24) is 15.3 Å². The van der Waals surface area contributed by atoms with Crippen molar-refractivity contribution in [2.75, 3.05) is 18.4 Å². The molecular formula is C13H16Cl2N4. The highest BCUT2D eigenvalue weighted by Gasteiger charge is 2.15. The number of fused-ring (bicyclic) bond motifs is 1. The molecule has 0 aliphatic carbocycles. The van der Waals surface area contributed by atoms with E-state index < -0.39 is 0 Å². The highest BCUT2D eigenvalue weighted by atomic mass is 35.5. The van der Waals surface area contributed by atoms with Crippen LogP contribution in [0.4, 0.5) is 5.82 Å². The maximum absolute atomic E-state index is 6.17. The second-order valence-corrected chi connectivity index (χ2v) is 4.90. The van der Waals surface area contributed by atoms with Crippen LogP contribution in [0, 0.1) is 0 Å². The number of hydrogen-bond acceptors (Lipinski definition) is 4. The van der Waals surface area contributed by atoms with Gasteiger partial charge in [-0.2, -0.15) is 0 Å². The summed E-state index contributed by atoms with van der Waals surface area (Å²) in [4.78, 5) is 8.90. The number of anilines is 1. The Morgan fingerprint density at radius 2 is 1.95 bits per heavy atom. The predicted molar refractivity (Wildman–Crippen MR) is 81.3 cm³/mol. The average Bonchev–Trinajstić information content (AvgIpc) is 2.41. The molecule has 1 aliphatic rings. The van der Waals surface area contributed by atoms with Crippen LogP contribution in [0.5, 0.6) is 0 Å². The Morgan fingerprint density at radius 3 is 2.63 bits per heavy atom. The van der Waals surface area contributed by atoms with Gasteiger partial charge >= 0.3 is 0 Å². The standard InChI is InChI=1S/C13H15ClN4.ClH/c14-12-13(16-9-4-3-7-15-8-9)18-11-6-2-1-5-10(11)17-12;/h1-2,5-6,9,15H,3-4,7-8H2,(H,16,18);1H/t9-;/m0./s1. The molecule has 1 aliphatic heterocycles. The van der Waals surface area contributed by atoms with Crippen molar-refractivity contribution in [2.45, 2.75) is 18.9 Å². The zero-order chi connectivity index (χ0) is 12.4. The van der Waals surface area contributed by atoms with Gasteiger partial charge in [0.25, 0.3) is 0 Å². The molecular weight excluding hydrogens is 283 g/mol. The van der Waals surface area contributed by atoms with Gasteiger partial charge in [0.2, 0.25) is 0 Å². The van der Waals surface area contributed by atoms with E-state index in [4.69, 9.17) is 11.6 Å². The molecule has 0 radical (unpaired) electrons. The summed E-state index contributed by atoms with van der Waals surface area (Å²) in [5.74, 6) is 0.684. The number of piperidine rings is 1. The first-order valence-corrected chi connectivity index (χ1v) is 6.60. The number of benzene rings is 1. The molecule has 2 aromatic rings. The van der Waals surface area contributed by atoms with Crippen LogP contribution in [0.3, 0.4) is 0 Å². The molecule has 2 N–H and O–H groups in total. The first kappa shape index (κ1) is 14.3. The summed E-state index contributed by atoms with van der Waals surface area (Å²) in [6, 6.07) is 8.14. The summed E-state index contributed by atoms with van der Waals surface area (Å²) in [6.45, 7) is 2.04. The van der Waals surface area contributed by atoms with Gasteiger partial charge in [-0.3, -0.25) is 0 Å². The van der Waals surface area contributed by atoms with Crippen molar-refractivity contribution in [3.63, 3.8) is 0 Å². The third-order valence-corrected chi connectivity index (χ3v) is 3.43. The third kappa shape index (κ3) is 3.26. The van der Waals surface area contributed by atoms with E-state index in [1.54, 1.807) is 0 Å². The molecule has 0 bridgehead atoms. The quantitative estimate of drug-likeness (QED) is 0.895. The van der Waals surface area contributed by atoms with Crippen molar-refractivity contribution in [2.24, 2.45) is 0 Å². The van der Waals surface area contributed by atoms with Gasteiger partial charge in [0.1, 0.15) is 0 Å². The topological polar surface area (TPSA) is 49.8 Å². The molecule has 1 aromatic heterocycles. The Bertz CT molecular complexity index is 555. The van der Waals surface area contributed by atoms with Gasteiger partial charge in [0.15, 0.2) is 11.0 Å². The molecule has 0 saturated carbocycles. The molecule has 1 atom stereocenters. The minimum atomic E-state index is 0. The number of para-hydroxylation sites is 2. The first-order chi connectivity index (χ1) is 8.83. The van der Waals surface area contributed by atoms with Crippen molar-refractivity contribution < 1.29 is 0 Å². The van der Waals surface area contributed by atoms with Gasteiger partial charge in [-0.15, -0.1) is 12.4 Å². The Labute approximate surface area is 123 Å². The van der Waals surface area contributed by atoms with E-state index in [0.717, 1.165) is 30.5 Å². The summed E-state index contributed by atoms with van der Waals surface area (Å²) in [5, 5.41) is 7.17. The molecule has 6 heteroatoms. The third-order valence-electron chi connectivity index (χ3n) is 3.17. The van der Waals surface area contributed by atoms with E-state index in [-0.39, 0.29) is 12.4 Å². The van der Waals surface area contributed by atoms with E-state index in [1.165, 1.54) is 6.42 Å². The van der Waals surface area contributed by atoms with Crippen LogP contribution >= 0.6 is 24.0 Å². The average molecular weight is 299 g/mol. The maximum atomic E-state index is 6.17. The molecule has 1 fully saturated rings. The zero-order valence-electron chi connectivity index (χ0n) is 10.4. The molecule has 0 amide bonds. The van der Waals surface area contributed by atoms with E-state index >= 15 is 0 Å². The van der Waals surface area contributed by atoms with Gasteiger partial charge < -0.3 is 10.6 Å². The SMILES string of the molecule is Cl.Clc1nc2ccccc2nc1N[C@H]1CCCNC1. The second kappa shape index (κ2) is 6.37. The van der Waals surface area contributed by atoms with Gasteiger partial charge in [-0.05, 0) is 31.5 Å². The number of nitrogens with one attached hydrogen (secondary N) is 2. The van der Waals surface area contributed by atoms with Gasteiger partial charge in [-0.25, -0.2) is 9.97 Å². The summed E-state index contributed by atoms with van der Waals surface area (Å²) < 4.78 is 0.